The number of carbonyl (C=O) groups excluding carboxylic acids is 5. The van der Waals surface area contributed by atoms with E-state index in [9.17, 15) is 32.4 Å². The van der Waals surface area contributed by atoms with Crippen molar-refractivity contribution in [1.29, 1.82) is 0 Å². The van der Waals surface area contributed by atoms with Crippen molar-refractivity contribution in [2.45, 2.75) is 96.3 Å². The molecule has 280 valence electrons. The Labute approximate surface area is 301 Å². The molecule has 3 aliphatic carbocycles. The number of piperidine rings is 1. The van der Waals surface area contributed by atoms with Crippen LogP contribution < -0.4 is 20.7 Å². The Bertz CT molecular complexity index is 1690. The first-order valence-corrected chi connectivity index (χ1v) is 19.3. The average Bonchev–Trinajstić information content (AvgIpc) is 4.01. The van der Waals surface area contributed by atoms with Crippen LogP contribution in [0.25, 0.3) is 0 Å². The van der Waals surface area contributed by atoms with Gasteiger partial charge in [0.15, 0.2) is 0 Å². The van der Waals surface area contributed by atoms with Gasteiger partial charge in [0.2, 0.25) is 17.7 Å². The number of hydrogen-bond acceptors (Lipinski definition) is 7. The van der Waals surface area contributed by atoms with Crippen LogP contribution in [-0.2, 0) is 29.2 Å². The number of rotatable bonds is 13. The maximum Gasteiger partial charge on any atom is 0.315 e. The Balaban J connectivity index is 1.32. The highest BCUT2D eigenvalue weighted by molar-refractivity contribution is 7.90. The van der Waals surface area contributed by atoms with E-state index in [4.69, 9.17) is 0 Å². The van der Waals surface area contributed by atoms with E-state index in [1.807, 2.05) is 48.5 Å². The molecule has 0 aromatic heterocycles. The molecule has 14 heteroatoms. The third-order valence-electron chi connectivity index (χ3n) is 11.4. The normalized spacial score (nSPS) is 27.4. The fourth-order valence-electron chi connectivity index (χ4n) is 7.62. The van der Waals surface area contributed by atoms with Crippen LogP contribution in [0.4, 0.5) is 4.79 Å². The molecule has 1 aliphatic heterocycles. The summed E-state index contributed by atoms with van der Waals surface area (Å²) in [5.41, 5.74) is -2.54. The van der Waals surface area contributed by atoms with Crippen LogP contribution in [0.2, 0.25) is 0 Å². The second-order valence-electron chi connectivity index (χ2n) is 16.9. The number of likely N-dealkylation sites (N-methyl/N-ethyl adjacent to an activating group) is 1. The zero-order valence-corrected chi connectivity index (χ0v) is 31.8. The average molecular weight is 727 g/mol. The van der Waals surface area contributed by atoms with E-state index in [-0.39, 0.29) is 52.4 Å². The topological polar surface area (TPSA) is 174 Å². The third kappa shape index (κ3) is 7.66. The molecular formula is C37H54N6O7S. The highest BCUT2D eigenvalue weighted by Crippen LogP contribution is 2.65. The lowest BCUT2D eigenvalue weighted by Gasteiger charge is -2.38. The van der Waals surface area contributed by atoms with Gasteiger partial charge in [-0.1, -0.05) is 72.7 Å². The van der Waals surface area contributed by atoms with Crippen molar-refractivity contribution < 1.29 is 32.4 Å². The zero-order chi connectivity index (χ0) is 37.8. The van der Waals surface area contributed by atoms with Crippen molar-refractivity contribution in [3.05, 3.63) is 43.0 Å². The van der Waals surface area contributed by atoms with Crippen LogP contribution >= 0.6 is 0 Å². The quantitative estimate of drug-likeness (QED) is 0.226. The molecule has 7 atom stereocenters. The molecule has 4 fully saturated rings. The van der Waals surface area contributed by atoms with Gasteiger partial charge in [0.05, 0.1) is 10.9 Å². The molecule has 5 rings (SSSR count). The molecule has 1 unspecified atom stereocenters. The molecule has 13 nitrogen and oxygen atoms in total. The molecule has 3 saturated carbocycles. The summed E-state index contributed by atoms with van der Waals surface area (Å²) in [5.74, 6) is -2.43. The summed E-state index contributed by atoms with van der Waals surface area (Å²) in [4.78, 5) is 71.5. The predicted molar refractivity (Wildman–Crippen MR) is 191 cm³/mol. The van der Waals surface area contributed by atoms with Crippen molar-refractivity contribution in [2.75, 3.05) is 20.1 Å². The summed E-state index contributed by atoms with van der Waals surface area (Å²) in [6.07, 6.45) is 3.43. The molecule has 51 heavy (non-hydrogen) atoms. The van der Waals surface area contributed by atoms with Crippen molar-refractivity contribution >= 4 is 39.7 Å². The number of hydrogen-bond donors (Lipinski definition) is 4. The van der Waals surface area contributed by atoms with Gasteiger partial charge in [0.25, 0.3) is 15.9 Å². The Morgan fingerprint density at radius 2 is 1.69 bits per heavy atom. The maximum atomic E-state index is 14.4. The number of nitrogens with one attached hydrogen (secondary N) is 4. The number of amides is 6. The van der Waals surface area contributed by atoms with E-state index in [2.05, 4.69) is 27.3 Å². The smallest absolute Gasteiger partial charge is 0.315 e. The fourth-order valence-corrected chi connectivity index (χ4v) is 8.68. The van der Waals surface area contributed by atoms with E-state index in [0.717, 1.165) is 12.8 Å². The van der Waals surface area contributed by atoms with E-state index >= 15 is 0 Å². The predicted octanol–water partition coefficient (Wildman–Crippen LogP) is 2.64. The molecule has 1 saturated heterocycles. The first-order chi connectivity index (χ1) is 23.7. The highest BCUT2D eigenvalue weighted by atomic mass is 32.2. The van der Waals surface area contributed by atoms with Crippen molar-refractivity contribution in [3.8, 4) is 0 Å². The molecule has 1 aromatic rings. The molecule has 4 aliphatic rings. The lowest BCUT2D eigenvalue weighted by molar-refractivity contribution is -0.144. The molecule has 0 radical (unpaired) electrons. The summed E-state index contributed by atoms with van der Waals surface area (Å²) in [7, 11) is -2.48. The lowest BCUT2D eigenvalue weighted by atomic mass is 9.85. The van der Waals surface area contributed by atoms with Crippen LogP contribution in [0.5, 0.6) is 0 Å². The van der Waals surface area contributed by atoms with Gasteiger partial charge in [-0.3, -0.25) is 19.2 Å². The SMILES string of the molecule is C=CC1C[C@]1(NC(=O)[C@@H]1[C@@H]2[C@H](CN1C(=O)[C@@H](NC(=O)N[C@H](CN(C)C(=O)C1CC1)C(C)C)C(C)(C)C)C2(C)C)C(=O)NS(=O)(=O)c1ccccc1. The summed E-state index contributed by atoms with van der Waals surface area (Å²) in [5, 5.41) is 8.70. The Morgan fingerprint density at radius 3 is 2.22 bits per heavy atom. The standard InChI is InChI=1S/C37H54N6O7S/c1-10-23-18-37(23,33(47)41-51(49,50)24-14-12-11-13-15-24)40-30(44)28-27-25(36(27,7)8)19-43(28)32(46)29(35(4,5)6)39-34(48)38-26(21(2)3)20-42(9)31(45)22-16-17-22/h10-15,21-23,25-29H,1,16-20H2,2-9H3,(H,40,44)(H,41,47)(H2,38,39,48)/t23?,25-,26+,27-,28-,29+,37+/m0/s1. The number of urea groups is 1. The van der Waals surface area contributed by atoms with Crippen LogP contribution in [0.15, 0.2) is 47.9 Å². The second kappa shape index (κ2) is 13.6. The van der Waals surface area contributed by atoms with Gasteiger partial charge in [0.1, 0.15) is 17.6 Å². The van der Waals surface area contributed by atoms with Crippen molar-refractivity contribution in [2.24, 2.45) is 40.4 Å². The minimum Gasteiger partial charge on any atom is -0.343 e. The first-order valence-electron chi connectivity index (χ1n) is 17.8. The fraction of sp³-hybridized carbons (Fsp3) is 0.649. The second-order valence-corrected chi connectivity index (χ2v) is 18.6. The van der Waals surface area contributed by atoms with Gasteiger partial charge in [0, 0.05) is 32.0 Å². The Kier molecular flexibility index (Phi) is 10.2. The van der Waals surface area contributed by atoms with E-state index in [1.165, 1.54) is 23.1 Å². The maximum absolute atomic E-state index is 14.4. The molecule has 1 heterocycles. The van der Waals surface area contributed by atoms with Gasteiger partial charge in [-0.05, 0) is 60.0 Å². The first kappa shape index (κ1) is 38.3. The van der Waals surface area contributed by atoms with Gasteiger partial charge < -0.3 is 25.8 Å². The Hall–Kier alpha value is -3.94. The van der Waals surface area contributed by atoms with Crippen LogP contribution in [0, 0.1) is 40.4 Å². The lowest BCUT2D eigenvalue weighted by Crippen LogP contribution is -2.63. The van der Waals surface area contributed by atoms with Crippen molar-refractivity contribution in [1.82, 2.24) is 30.5 Å². The number of nitrogens with zero attached hydrogens (tertiary/aromatic N) is 2. The molecule has 0 spiro atoms. The highest BCUT2D eigenvalue weighted by Gasteiger charge is 2.71. The minimum absolute atomic E-state index is 0.00371. The summed E-state index contributed by atoms with van der Waals surface area (Å²) >= 11 is 0. The third-order valence-corrected chi connectivity index (χ3v) is 12.7. The number of benzene rings is 1. The monoisotopic (exact) mass is 726 g/mol. The van der Waals surface area contributed by atoms with Crippen LogP contribution in [0.3, 0.4) is 0 Å². The van der Waals surface area contributed by atoms with E-state index in [1.54, 1.807) is 30.1 Å². The molecular weight excluding hydrogens is 673 g/mol. The minimum atomic E-state index is -4.22. The number of sulfonamides is 1. The Morgan fingerprint density at radius 1 is 1.06 bits per heavy atom. The van der Waals surface area contributed by atoms with Crippen molar-refractivity contribution in [3.63, 3.8) is 0 Å². The van der Waals surface area contributed by atoms with Crippen LogP contribution in [0.1, 0.15) is 67.7 Å². The molecule has 0 bridgehead atoms. The summed E-state index contributed by atoms with van der Waals surface area (Å²) < 4.78 is 28.2. The van der Waals surface area contributed by atoms with Crippen LogP contribution in [-0.4, -0.2) is 91.7 Å². The summed E-state index contributed by atoms with van der Waals surface area (Å²) in [6, 6.07) is 4.61. The molecule has 1 aromatic carbocycles. The van der Waals surface area contributed by atoms with Gasteiger partial charge in [-0.25, -0.2) is 17.9 Å². The number of likely N-dealkylation sites (tertiary alicyclic amines) is 1. The van der Waals surface area contributed by atoms with Gasteiger partial charge >= 0.3 is 6.03 Å². The van der Waals surface area contributed by atoms with Gasteiger partial charge in [-0.2, -0.15) is 0 Å². The molecule has 4 N–H and O–H groups in total. The van der Waals surface area contributed by atoms with E-state index in [0.29, 0.717) is 13.1 Å². The molecule has 6 amide bonds. The van der Waals surface area contributed by atoms with E-state index < -0.39 is 62.7 Å². The van der Waals surface area contributed by atoms with Gasteiger partial charge in [-0.15, -0.1) is 6.58 Å². The largest absolute Gasteiger partial charge is 0.343 e. The number of carbonyl (C=O) groups is 5. The number of fused-ring (bicyclic) bond motifs is 1. The zero-order valence-electron chi connectivity index (χ0n) is 31.0. The summed E-state index contributed by atoms with van der Waals surface area (Å²) in [6.45, 7) is 17.9.